The Kier molecular flexibility index (Phi) is 7.40. The van der Waals surface area contributed by atoms with Crippen LogP contribution in [0.1, 0.15) is 17.5 Å². The van der Waals surface area contributed by atoms with Gasteiger partial charge in [0, 0.05) is 50.5 Å². The molecule has 160 valence electrons. The van der Waals surface area contributed by atoms with Gasteiger partial charge in [0.2, 0.25) is 5.56 Å². The van der Waals surface area contributed by atoms with Crippen molar-refractivity contribution in [3.63, 3.8) is 0 Å². The van der Waals surface area contributed by atoms with Crippen molar-refractivity contribution in [3.8, 4) is 5.75 Å². The summed E-state index contributed by atoms with van der Waals surface area (Å²) in [7, 11) is 0. The number of H-pyrrole nitrogens is 1. The Balaban J connectivity index is 0.00000256. The maximum atomic E-state index is 11.5. The lowest BCUT2D eigenvalue weighted by atomic mass is 10.1. The number of nitrogens with zero attached hydrogens (tertiary/aromatic N) is 2. The summed E-state index contributed by atoms with van der Waals surface area (Å²) in [6, 6.07) is 15.8. The summed E-state index contributed by atoms with van der Waals surface area (Å²) in [4.78, 5) is 19.3. The Bertz CT molecular complexity index is 1040. The van der Waals surface area contributed by atoms with Gasteiger partial charge in [-0.15, -0.1) is 12.4 Å². The molecule has 1 aromatic heterocycles. The van der Waals surface area contributed by atoms with Crippen LogP contribution >= 0.6 is 12.4 Å². The molecule has 0 saturated carbocycles. The quantitative estimate of drug-likeness (QED) is 0.600. The van der Waals surface area contributed by atoms with Crippen molar-refractivity contribution in [2.24, 2.45) is 0 Å². The number of aromatic amines is 1. The van der Waals surface area contributed by atoms with Crippen LogP contribution < -0.4 is 15.2 Å². The van der Waals surface area contributed by atoms with E-state index in [4.69, 9.17) is 4.74 Å². The van der Waals surface area contributed by atoms with Crippen molar-refractivity contribution in [3.05, 3.63) is 70.0 Å². The van der Waals surface area contributed by atoms with Gasteiger partial charge in [0.25, 0.3) is 0 Å². The Morgan fingerprint density at radius 2 is 1.77 bits per heavy atom. The fourth-order valence-electron chi connectivity index (χ4n) is 3.99. The van der Waals surface area contributed by atoms with Crippen molar-refractivity contribution < 1.29 is 4.74 Å². The molecule has 6 heteroatoms. The minimum Gasteiger partial charge on any atom is -0.493 e. The lowest BCUT2D eigenvalue weighted by Crippen LogP contribution is -2.47. The summed E-state index contributed by atoms with van der Waals surface area (Å²) in [6.07, 6.45) is 0.993. The predicted octanol–water partition coefficient (Wildman–Crippen LogP) is 4.16. The van der Waals surface area contributed by atoms with Crippen LogP contribution in [0.3, 0.4) is 0 Å². The molecular formula is C24H30ClN3O2. The third kappa shape index (κ3) is 5.15. The number of hydrogen-bond acceptors (Lipinski definition) is 4. The molecule has 1 N–H and O–H groups in total. The van der Waals surface area contributed by atoms with E-state index in [1.165, 1.54) is 16.8 Å². The normalized spacial score (nSPS) is 14.5. The standard InChI is InChI=1S/C24H29N3O2.ClH/c1-18-5-3-6-23(19(18)2)27-14-12-26(13-15-27)11-4-16-29-21-9-7-20-8-10-24(28)25-22(20)17-21;/h3,5-10,17H,4,11-16H2,1-2H3,(H,25,28);1H. The molecule has 0 radical (unpaired) electrons. The van der Waals surface area contributed by atoms with Crippen molar-refractivity contribution in [2.75, 3.05) is 44.2 Å². The number of ether oxygens (including phenoxy) is 1. The Labute approximate surface area is 184 Å². The van der Waals surface area contributed by atoms with Gasteiger partial charge in [-0.3, -0.25) is 9.69 Å². The maximum Gasteiger partial charge on any atom is 0.248 e. The molecule has 1 saturated heterocycles. The summed E-state index contributed by atoms with van der Waals surface area (Å²) >= 11 is 0. The zero-order valence-corrected chi connectivity index (χ0v) is 18.5. The van der Waals surface area contributed by atoms with Crippen LogP contribution in [-0.2, 0) is 0 Å². The summed E-state index contributed by atoms with van der Waals surface area (Å²) < 4.78 is 5.91. The van der Waals surface area contributed by atoms with Crippen LogP contribution in [0.2, 0.25) is 0 Å². The SMILES string of the molecule is Cc1cccc(N2CCN(CCCOc3ccc4ccc(=O)[nH]c4c3)CC2)c1C.Cl. The van der Waals surface area contributed by atoms with Crippen LogP contribution in [0.4, 0.5) is 5.69 Å². The molecule has 0 spiro atoms. The number of aromatic nitrogens is 1. The van der Waals surface area contributed by atoms with Crippen molar-refractivity contribution in [1.29, 1.82) is 0 Å². The van der Waals surface area contributed by atoms with Gasteiger partial charge in [-0.2, -0.15) is 0 Å². The predicted molar refractivity (Wildman–Crippen MR) is 126 cm³/mol. The number of anilines is 1. The lowest BCUT2D eigenvalue weighted by molar-refractivity contribution is 0.225. The van der Waals surface area contributed by atoms with Crippen LogP contribution in [0, 0.1) is 13.8 Å². The number of nitrogens with one attached hydrogen (secondary N) is 1. The summed E-state index contributed by atoms with van der Waals surface area (Å²) in [5, 5.41) is 1.01. The molecule has 1 aliphatic rings. The van der Waals surface area contributed by atoms with Crippen molar-refractivity contribution in [1.82, 2.24) is 9.88 Å². The molecule has 2 aromatic carbocycles. The van der Waals surface area contributed by atoms with Crippen LogP contribution in [0.25, 0.3) is 10.9 Å². The molecule has 3 aromatic rings. The number of piperazine rings is 1. The van der Waals surface area contributed by atoms with Crippen molar-refractivity contribution >= 4 is 29.0 Å². The highest BCUT2D eigenvalue weighted by Crippen LogP contribution is 2.24. The Morgan fingerprint density at radius 3 is 2.57 bits per heavy atom. The third-order valence-corrected chi connectivity index (χ3v) is 5.87. The highest BCUT2D eigenvalue weighted by atomic mass is 35.5. The van der Waals surface area contributed by atoms with Gasteiger partial charge in [-0.05, 0) is 61.0 Å². The fourth-order valence-corrected chi connectivity index (χ4v) is 3.99. The van der Waals surface area contributed by atoms with Gasteiger partial charge in [0.05, 0.1) is 12.1 Å². The summed E-state index contributed by atoms with van der Waals surface area (Å²) in [5.74, 6) is 0.805. The second-order valence-corrected chi connectivity index (χ2v) is 7.82. The van der Waals surface area contributed by atoms with E-state index in [2.05, 4.69) is 46.8 Å². The first-order valence-corrected chi connectivity index (χ1v) is 10.4. The van der Waals surface area contributed by atoms with E-state index in [9.17, 15) is 4.79 Å². The topological polar surface area (TPSA) is 48.6 Å². The molecule has 5 nitrogen and oxygen atoms in total. The van der Waals surface area contributed by atoms with E-state index < -0.39 is 0 Å². The van der Waals surface area contributed by atoms with Gasteiger partial charge < -0.3 is 14.6 Å². The first kappa shape index (κ1) is 22.2. The first-order chi connectivity index (χ1) is 14.1. The zero-order valence-electron chi connectivity index (χ0n) is 17.7. The van der Waals surface area contributed by atoms with Crippen LogP contribution in [-0.4, -0.2) is 49.2 Å². The summed E-state index contributed by atoms with van der Waals surface area (Å²) in [5.41, 5.74) is 4.86. The molecule has 0 unspecified atom stereocenters. The van der Waals surface area contributed by atoms with Gasteiger partial charge >= 0.3 is 0 Å². The molecule has 30 heavy (non-hydrogen) atoms. The summed E-state index contributed by atoms with van der Waals surface area (Å²) in [6.45, 7) is 10.4. The average molecular weight is 428 g/mol. The van der Waals surface area contributed by atoms with Gasteiger partial charge in [0.15, 0.2) is 0 Å². The van der Waals surface area contributed by atoms with E-state index >= 15 is 0 Å². The largest absolute Gasteiger partial charge is 0.493 e. The van der Waals surface area contributed by atoms with E-state index in [0.717, 1.165) is 55.8 Å². The number of rotatable bonds is 6. The number of hydrogen-bond donors (Lipinski definition) is 1. The highest BCUT2D eigenvalue weighted by Gasteiger charge is 2.18. The van der Waals surface area contributed by atoms with Gasteiger partial charge in [-0.25, -0.2) is 0 Å². The van der Waals surface area contributed by atoms with Crippen molar-refractivity contribution in [2.45, 2.75) is 20.3 Å². The monoisotopic (exact) mass is 427 g/mol. The number of fused-ring (bicyclic) bond motifs is 1. The third-order valence-electron chi connectivity index (χ3n) is 5.87. The zero-order chi connectivity index (χ0) is 20.2. The minimum absolute atomic E-state index is 0. The second-order valence-electron chi connectivity index (χ2n) is 7.82. The molecule has 1 fully saturated rings. The first-order valence-electron chi connectivity index (χ1n) is 10.4. The van der Waals surface area contributed by atoms with E-state index in [1.54, 1.807) is 6.07 Å². The molecule has 4 rings (SSSR count). The number of halogens is 1. The number of benzene rings is 2. The van der Waals surface area contributed by atoms with E-state index in [1.807, 2.05) is 24.3 Å². The Hall–Kier alpha value is -2.50. The minimum atomic E-state index is -0.0883. The molecule has 0 amide bonds. The smallest absolute Gasteiger partial charge is 0.248 e. The molecular weight excluding hydrogens is 398 g/mol. The molecule has 1 aliphatic heterocycles. The molecule has 0 aliphatic carbocycles. The number of pyridine rings is 1. The number of aryl methyl sites for hydroxylation is 1. The van der Waals surface area contributed by atoms with E-state index in [0.29, 0.717) is 6.61 Å². The second kappa shape index (κ2) is 10.0. The fraction of sp³-hybridized carbons (Fsp3) is 0.375. The highest BCUT2D eigenvalue weighted by molar-refractivity contribution is 5.85. The van der Waals surface area contributed by atoms with Gasteiger partial charge in [0.1, 0.15) is 5.75 Å². The van der Waals surface area contributed by atoms with Crippen LogP contribution in [0.15, 0.2) is 53.3 Å². The van der Waals surface area contributed by atoms with Crippen LogP contribution in [0.5, 0.6) is 5.75 Å². The maximum absolute atomic E-state index is 11.5. The molecule has 0 atom stereocenters. The molecule has 2 heterocycles. The molecule has 0 bridgehead atoms. The Morgan fingerprint density at radius 1 is 1.00 bits per heavy atom. The van der Waals surface area contributed by atoms with Gasteiger partial charge in [-0.1, -0.05) is 12.1 Å². The van der Waals surface area contributed by atoms with E-state index in [-0.39, 0.29) is 18.0 Å². The lowest BCUT2D eigenvalue weighted by Gasteiger charge is -2.37. The average Bonchev–Trinajstić information content (AvgIpc) is 2.73.